The van der Waals surface area contributed by atoms with Crippen LogP contribution in [0.5, 0.6) is 0 Å². The fourth-order valence-electron chi connectivity index (χ4n) is 1.72. The number of hydrogen-bond donors (Lipinski definition) is 1. The van der Waals surface area contributed by atoms with Gasteiger partial charge in [-0.3, -0.25) is 0 Å². The van der Waals surface area contributed by atoms with Crippen LogP contribution in [-0.4, -0.2) is 24.7 Å². The number of thiazole rings is 1. The number of nitrogens with zero attached hydrogens (tertiary/aromatic N) is 1. The SMILES string of the molecule is NCCc1csc(C2CCOCC2)n1. The Labute approximate surface area is 88.3 Å². The molecule has 0 unspecified atom stereocenters. The lowest BCUT2D eigenvalue weighted by atomic mass is 10.0. The van der Waals surface area contributed by atoms with Crippen molar-refractivity contribution in [3.63, 3.8) is 0 Å². The van der Waals surface area contributed by atoms with E-state index in [1.807, 2.05) is 0 Å². The monoisotopic (exact) mass is 212 g/mol. The molecule has 1 saturated heterocycles. The van der Waals surface area contributed by atoms with Crippen LogP contribution in [0.4, 0.5) is 0 Å². The molecule has 2 N–H and O–H groups in total. The van der Waals surface area contributed by atoms with E-state index in [-0.39, 0.29) is 0 Å². The largest absolute Gasteiger partial charge is 0.381 e. The van der Waals surface area contributed by atoms with Gasteiger partial charge in [-0.2, -0.15) is 0 Å². The van der Waals surface area contributed by atoms with Crippen molar-refractivity contribution in [1.82, 2.24) is 4.98 Å². The molecule has 78 valence electrons. The third kappa shape index (κ3) is 2.32. The first-order chi connectivity index (χ1) is 6.90. The predicted octanol–water partition coefficient (Wildman–Crippen LogP) is 1.54. The quantitative estimate of drug-likeness (QED) is 0.826. The van der Waals surface area contributed by atoms with Gasteiger partial charge in [-0.1, -0.05) is 0 Å². The molecule has 3 nitrogen and oxygen atoms in total. The van der Waals surface area contributed by atoms with Gasteiger partial charge in [0.1, 0.15) is 0 Å². The molecule has 0 spiro atoms. The average Bonchev–Trinajstić information content (AvgIpc) is 2.68. The summed E-state index contributed by atoms with van der Waals surface area (Å²) in [5.74, 6) is 0.625. The van der Waals surface area contributed by atoms with Crippen LogP contribution in [0.2, 0.25) is 0 Å². The summed E-state index contributed by atoms with van der Waals surface area (Å²) in [6.45, 7) is 2.46. The summed E-state index contributed by atoms with van der Waals surface area (Å²) in [4.78, 5) is 4.61. The molecule has 1 aliphatic heterocycles. The van der Waals surface area contributed by atoms with Crippen LogP contribution >= 0.6 is 11.3 Å². The molecule has 0 aromatic carbocycles. The maximum atomic E-state index is 5.49. The van der Waals surface area contributed by atoms with Crippen molar-refractivity contribution in [3.8, 4) is 0 Å². The molecule has 0 atom stereocenters. The highest BCUT2D eigenvalue weighted by Gasteiger charge is 2.18. The van der Waals surface area contributed by atoms with Gasteiger partial charge in [0, 0.05) is 30.9 Å². The van der Waals surface area contributed by atoms with Crippen molar-refractivity contribution >= 4 is 11.3 Å². The van der Waals surface area contributed by atoms with Crippen LogP contribution < -0.4 is 5.73 Å². The van der Waals surface area contributed by atoms with Crippen LogP contribution in [0.3, 0.4) is 0 Å². The summed E-state index contributed by atoms with van der Waals surface area (Å²) in [5.41, 5.74) is 6.64. The van der Waals surface area contributed by atoms with Crippen molar-refractivity contribution in [2.75, 3.05) is 19.8 Å². The molecule has 0 radical (unpaired) electrons. The molecule has 0 aliphatic carbocycles. The highest BCUT2D eigenvalue weighted by molar-refractivity contribution is 7.09. The number of aromatic nitrogens is 1. The van der Waals surface area contributed by atoms with E-state index >= 15 is 0 Å². The lowest BCUT2D eigenvalue weighted by Gasteiger charge is -2.19. The zero-order valence-electron chi connectivity index (χ0n) is 8.24. The first-order valence-electron chi connectivity index (χ1n) is 5.12. The fourth-order valence-corrected chi connectivity index (χ4v) is 2.74. The minimum atomic E-state index is 0.625. The topological polar surface area (TPSA) is 48.1 Å². The summed E-state index contributed by atoms with van der Waals surface area (Å²) >= 11 is 1.77. The lowest BCUT2D eigenvalue weighted by molar-refractivity contribution is 0.0852. The molecule has 14 heavy (non-hydrogen) atoms. The number of ether oxygens (including phenoxy) is 1. The molecule has 0 saturated carbocycles. The Morgan fingerprint density at radius 3 is 3.00 bits per heavy atom. The van der Waals surface area contributed by atoms with Gasteiger partial charge in [0.2, 0.25) is 0 Å². The highest BCUT2D eigenvalue weighted by Crippen LogP contribution is 2.29. The fraction of sp³-hybridized carbons (Fsp3) is 0.700. The second-order valence-electron chi connectivity index (χ2n) is 3.60. The van der Waals surface area contributed by atoms with E-state index in [1.54, 1.807) is 11.3 Å². The van der Waals surface area contributed by atoms with Gasteiger partial charge in [0.25, 0.3) is 0 Å². The lowest BCUT2D eigenvalue weighted by Crippen LogP contribution is -2.14. The summed E-state index contributed by atoms with van der Waals surface area (Å²) in [7, 11) is 0. The van der Waals surface area contributed by atoms with Crippen LogP contribution in [0.1, 0.15) is 29.5 Å². The van der Waals surface area contributed by atoms with Crippen LogP contribution in [0.15, 0.2) is 5.38 Å². The Morgan fingerprint density at radius 1 is 1.50 bits per heavy atom. The van der Waals surface area contributed by atoms with Gasteiger partial charge >= 0.3 is 0 Å². The third-order valence-electron chi connectivity index (χ3n) is 2.54. The Morgan fingerprint density at radius 2 is 2.29 bits per heavy atom. The number of hydrogen-bond acceptors (Lipinski definition) is 4. The van der Waals surface area contributed by atoms with Crippen LogP contribution in [0, 0.1) is 0 Å². The van der Waals surface area contributed by atoms with E-state index in [4.69, 9.17) is 10.5 Å². The summed E-state index contributed by atoms with van der Waals surface area (Å²) in [6.07, 6.45) is 3.14. The van der Waals surface area contributed by atoms with Crippen molar-refractivity contribution in [2.24, 2.45) is 5.73 Å². The van der Waals surface area contributed by atoms with Crippen LogP contribution in [-0.2, 0) is 11.2 Å². The molecule has 4 heteroatoms. The third-order valence-corrected chi connectivity index (χ3v) is 3.60. The molecular weight excluding hydrogens is 196 g/mol. The molecule has 2 rings (SSSR count). The van der Waals surface area contributed by atoms with Crippen LogP contribution in [0.25, 0.3) is 0 Å². The summed E-state index contributed by atoms with van der Waals surface area (Å²) in [5, 5.41) is 3.41. The van der Waals surface area contributed by atoms with E-state index in [9.17, 15) is 0 Å². The first kappa shape index (κ1) is 10.1. The van der Waals surface area contributed by atoms with Gasteiger partial charge in [0.15, 0.2) is 0 Å². The molecule has 0 bridgehead atoms. The average molecular weight is 212 g/mol. The maximum absolute atomic E-state index is 5.49. The van der Waals surface area contributed by atoms with Crippen molar-refractivity contribution in [3.05, 3.63) is 16.1 Å². The van der Waals surface area contributed by atoms with Gasteiger partial charge in [-0.05, 0) is 19.4 Å². The first-order valence-corrected chi connectivity index (χ1v) is 6.00. The van der Waals surface area contributed by atoms with Crippen molar-refractivity contribution in [1.29, 1.82) is 0 Å². The highest BCUT2D eigenvalue weighted by atomic mass is 32.1. The molecule has 1 aliphatic rings. The maximum Gasteiger partial charge on any atom is 0.0960 e. The van der Waals surface area contributed by atoms with Crippen molar-refractivity contribution in [2.45, 2.75) is 25.2 Å². The molecule has 1 fully saturated rings. The molecule has 2 heterocycles. The second kappa shape index (κ2) is 4.87. The Hall–Kier alpha value is -0.450. The smallest absolute Gasteiger partial charge is 0.0960 e. The van der Waals surface area contributed by atoms with Gasteiger partial charge in [0.05, 0.1) is 10.7 Å². The molecule has 1 aromatic rings. The standard InChI is InChI=1S/C10H16N2OS/c11-4-1-9-7-14-10(12-9)8-2-5-13-6-3-8/h7-8H,1-6,11H2. The minimum Gasteiger partial charge on any atom is -0.381 e. The van der Waals surface area contributed by atoms with E-state index in [1.165, 1.54) is 5.01 Å². The molecule has 1 aromatic heterocycles. The van der Waals surface area contributed by atoms with E-state index in [0.29, 0.717) is 12.5 Å². The molecular formula is C10H16N2OS. The Kier molecular flexibility index (Phi) is 3.50. The Balaban J connectivity index is 2.00. The van der Waals surface area contributed by atoms with Gasteiger partial charge in [-0.25, -0.2) is 4.98 Å². The predicted molar refractivity (Wildman–Crippen MR) is 57.7 cm³/mol. The molecule has 0 amide bonds. The van der Waals surface area contributed by atoms with Crippen molar-refractivity contribution < 1.29 is 4.74 Å². The summed E-state index contributed by atoms with van der Waals surface area (Å²) < 4.78 is 5.33. The zero-order valence-corrected chi connectivity index (χ0v) is 9.05. The second-order valence-corrected chi connectivity index (χ2v) is 4.49. The zero-order chi connectivity index (χ0) is 9.80. The van der Waals surface area contributed by atoms with Gasteiger partial charge < -0.3 is 10.5 Å². The van der Waals surface area contributed by atoms with E-state index in [2.05, 4.69) is 10.4 Å². The summed E-state index contributed by atoms with van der Waals surface area (Å²) in [6, 6.07) is 0. The van der Waals surface area contributed by atoms with E-state index in [0.717, 1.165) is 38.2 Å². The number of rotatable bonds is 3. The van der Waals surface area contributed by atoms with Gasteiger partial charge in [-0.15, -0.1) is 11.3 Å². The number of nitrogens with two attached hydrogens (primary N) is 1. The van der Waals surface area contributed by atoms with E-state index < -0.39 is 0 Å². The Bertz CT molecular complexity index is 281. The normalized spacial score (nSPS) is 18.6. The minimum absolute atomic E-state index is 0.625.